The lowest BCUT2D eigenvalue weighted by molar-refractivity contribution is 0.130. The number of hydrogen-bond acceptors (Lipinski definition) is 6. The molecule has 0 atom stereocenters. The van der Waals surface area contributed by atoms with E-state index in [9.17, 15) is 0 Å². The number of nitrogens with one attached hydrogen (secondary N) is 1. The summed E-state index contributed by atoms with van der Waals surface area (Å²) < 4.78 is 0. The SMILES string of the molecule is c1ccc(CN2CCN(CCNc3ncnc4sccc34)CC2)cc1. The Kier molecular flexibility index (Phi) is 5.20. The molecule has 0 unspecified atom stereocenters. The predicted molar refractivity (Wildman–Crippen MR) is 104 cm³/mol. The van der Waals surface area contributed by atoms with E-state index in [-0.39, 0.29) is 0 Å². The van der Waals surface area contributed by atoms with E-state index in [4.69, 9.17) is 0 Å². The Morgan fingerprint density at radius 2 is 1.76 bits per heavy atom. The van der Waals surface area contributed by atoms with E-state index >= 15 is 0 Å². The van der Waals surface area contributed by atoms with Gasteiger partial charge in [0.25, 0.3) is 0 Å². The van der Waals surface area contributed by atoms with Gasteiger partial charge in [0.2, 0.25) is 0 Å². The van der Waals surface area contributed by atoms with E-state index in [0.29, 0.717) is 0 Å². The number of thiophene rings is 1. The largest absolute Gasteiger partial charge is 0.368 e. The second-order valence-electron chi connectivity index (χ2n) is 6.39. The molecule has 3 aromatic rings. The zero-order valence-corrected chi connectivity index (χ0v) is 15.1. The Bertz CT molecular complexity index is 796. The highest BCUT2D eigenvalue weighted by atomic mass is 32.1. The number of nitrogens with zero attached hydrogens (tertiary/aromatic N) is 4. The van der Waals surface area contributed by atoms with Crippen molar-refractivity contribution in [3.63, 3.8) is 0 Å². The molecule has 1 saturated heterocycles. The molecule has 4 rings (SSSR count). The van der Waals surface area contributed by atoms with Crippen molar-refractivity contribution in [3.05, 3.63) is 53.7 Å². The Morgan fingerprint density at radius 3 is 2.60 bits per heavy atom. The van der Waals surface area contributed by atoms with E-state index in [1.165, 1.54) is 5.56 Å². The highest BCUT2D eigenvalue weighted by Gasteiger charge is 2.16. The molecule has 0 bridgehead atoms. The van der Waals surface area contributed by atoms with Gasteiger partial charge in [-0.1, -0.05) is 30.3 Å². The van der Waals surface area contributed by atoms with E-state index in [1.807, 2.05) is 0 Å². The molecule has 2 aromatic heterocycles. The molecular formula is C19H23N5S. The molecule has 5 nitrogen and oxygen atoms in total. The van der Waals surface area contributed by atoms with Gasteiger partial charge < -0.3 is 5.32 Å². The standard InChI is InChI=1S/C19H23N5S/c1-2-4-16(5-3-1)14-24-11-9-23(10-12-24)8-7-20-18-17-6-13-25-19(17)22-15-21-18/h1-6,13,15H,7-12,14H2,(H,20,21,22). The van der Waals surface area contributed by atoms with Crippen molar-refractivity contribution in [2.24, 2.45) is 0 Å². The average molecular weight is 353 g/mol. The van der Waals surface area contributed by atoms with Crippen LogP contribution in [0.25, 0.3) is 10.2 Å². The van der Waals surface area contributed by atoms with Crippen molar-refractivity contribution in [3.8, 4) is 0 Å². The molecule has 6 heteroatoms. The normalized spacial score (nSPS) is 16.3. The van der Waals surface area contributed by atoms with E-state index in [2.05, 4.69) is 66.9 Å². The third-order valence-corrected chi connectivity index (χ3v) is 5.52. The molecule has 3 heterocycles. The van der Waals surface area contributed by atoms with Crippen LogP contribution in [-0.2, 0) is 6.54 Å². The zero-order valence-electron chi connectivity index (χ0n) is 14.3. The number of anilines is 1. The van der Waals surface area contributed by atoms with Gasteiger partial charge in [-0.25, -0.2) is 9.97 Å². The number of hydrogen-bond donors (Lipinski definition) is 1. The number of aromatic nitrogens is 2. The molecule has 130 valence electrons. The van der Waals surface area contributed by atoms with Crippen molar-refractivity contribution >= 4 is 27.4 Å². The first-order valence-corrected chi connectivity index (χ1v) is 9.67. The Balaban J connectivity index is 1.22. The van der Waals surface area contributed by atoms with Crippen molar-refractivity contribution in [1.82, 2.24) is 19.8 Å². The minimum absolute atomic E-state index is 0.917. The summed E-state index contributed by atoms with van der Waals surface area (Å²) in [6, 6.07) is 12.8. The van der Waals surface area contributed by atoms with Gasteiger partial charge in [0.05, 0.1) is 5.39 Å². The van der Waals surface area contributed by atoms with Gasteiger partial charge >= 0.3 is 0 Å². The molecule has 1 N–H and O–H groups in total. The molecule has 0 saturated carbocycles. The van der Waals surface area contributed by atoms with Crippen LogP contribution in [0.1, 0.15) is 5.56 Å². The number of fused-ring (bicyclic) bond motifs is 1. The first kappa shape index (κ1) is 16.4. The van der Waals surface area contributed by atoms with Crippen molar-refractivity contribution in [2.45, 2.75) is 6.54 Å². The van der Waals surface area contributed by atoms with Gasteiger partial charge in [0.1, 0.15) is 17.0 Å². The van der Waals surface area contributed by atoms with Crippen LogP contribution in [0.2, 0.25) is 0 Å². The summed E-state index contributed by atoms with van der Waals surface area (Å²) in [5, 5.41) is 6.66. The van der Waals surface area contributed by atoms with Crippen LogP contribution in [0.3, 0.4) is 0 Å². The van der Waals surface area contributed by atoms with Gasteiger partial charge in [-0.2, -0.15) is 0 Å². The zero-order chi connectivity index (χ0) is 16.9. The van der Waals surface area contributed by atoms with E-state index < -0.39 is 0 Å². The summed E-state index contributed by atoms with van der Waals surface area (Å²) >= 11 is 1.66. The summed E-state index contributed by atoms with van der Waals surface area (Å²) in [5.74, 6) is 0.953. The molecule has 0 spiro atoms. The molecular weight excluding hydrogens is 330 g/mol. The maximum atomic E-state index is 4.38. The van der Waals surface area contributed by atoms with Gasteiger partial charge in [0.15, 0.2) is 0 Å². The predicted octanol–water partition coefficient (Wildman–Crippen LogP) is 2.92. The van der Waals surface area contributed by atoms with Gasteiger partial charge in [-0.15, -0.1) is 11.3 Å². The number of benzene rings is 1. The molecule has 1 fully saturated rings. The lowest BCUT2D eigenvalue weighted by Gasteiger charge is -2.34. The summed E-state index contributed by atoms with van der Waals surface area (Å²) in [6.45, 7) is 7.56. The lowest BCUT2D eigenvalue weighted by atomic mass is 10.2. The maximum Gasteiger partial charge on any atom is 0.138 e. The van der Waals surface area contributed by atoms with E-state index in [0.717, 1.165) is 61.8 Å². The average Bonchev–Trinajstić information content (AvgIpc) is 3.14. The minimum atomic E-state index is 0.917. The highest BCUT2D eigenvalue weighted by Crippen LogP contribution is 2.23. The Morgan fingerprint density at radius 1 is 0.960 bits per heavy atom. The summed E-state index contributed by atoms with van der Waals surface area (Å²) in [4.78, 5) is 14.8. The molecule has 0 radical (unpaired) electrons. The fraction of sp³-hybridized carbons (Fsp3) is 0.368. The first-order chi connectivity index (χ1) is 12.4. The van der Waals surface area contributed by atoms with Gasteiger partial charge in [-0.3, -0.25) is 9.80 Å². The van der Waals surface area contributed by atoms with Crippen molar-refractivity contribution in [2.75, 3.05) is 44.6 Å². The quantitative estimate of drug-likeness (QED) is 0.738. The van der Waals surface area contributed by atoms with Gasteiger partial charge in [-0.05, 0) is 17.0 Å². The van der Waals surface area contributed by atoms with Crippen LogP contribution in [0.5, 0.6) is 0 Å². The summed E-state index contributed by atoms with van der Waals surface area (Å²) in [5.41, 5.74) is 1.40. The van der Waals surface area contributed by atoms with Crippen LogP contribution in [-0.4, -0.2) is 59.0 Å². The smallest absolute Gasteiger partial charge is 0.138 e. The monoisotopic (exact) mass is 353 g/mol. The van der Waals surface area contributed by atoms with Crippen molar-refractivity contribution < 1.29 is 0 Å². The lowest BCUT2D eigenvalue weighted by Crippen LogP contribution is -2.47. The third-order valence-electron chi connectivity index (χ3n) is 4.70. The second-order valence-corrected chi connectivity index (χ2v) is 7.29. The number of piperazine rings is 1. The Labute approximate surface area is 152 Å². The van der Waals surface area contributed by atoms with Gasteiger partial charge in [0, 0.05) is 45.8 Å². The topological polar surface area (TPSA) is 44.3 Å². The van der Waals surface area contributed by atoms with Crippen LogP contribution in [0.4, 0.5) is 5.82 Å². The molecule has 0 aliphatic carbocycles. The second kappa shape index (κ2) is 7.91. The minimum Gasteiger partial charge on any atom is -0.368 e. The molecule has 1 aromatic carbocycles. The maximum absolute atomic E-state index is 4.38. The molecule has 25 heavy (non-hydrogen) atoms. The van der Waals surface area contributed by atoms with Crippen molar-refractivity contribution in [1.29, 1.82) is 0 Å². The molecule has 1 aliphatic rings. The highest BCUT2D eigenvalue weighted by molar-refractivity contribution is 7.16. The molecule has 0 amide bonds. The van der Waals surface area contributed by atoms with E-state index in [1.54, 1.807) is 17.7 Å². The Hall–Kier alpha value is -2.02. The van der Waals surface area contributed by atoms with Crippen LogP contribution in [0, 0.1) is 0 Å². The molecule has 1 aliphatic heterocycles. The summed E-state index contributed by atoms with van der Waals surface area (Å²) in [7, 11) is 0. The summed E-state index contributed by atoms with van der Waals surface area (Å²) in [6.07, 6.45) is 1.64. The van der Waals surface area contributed by atoms with Crippen LogP contribution < -0.4 is 5.32 Å². The number of rotatable bonds is 6. The fourth-order valence-electron chi connectivity index (χ4n) is 3.28. The fourth-order valence-corrected chi connectivity index (χ4v) is 4.01. The van der Waals surface area contributed by atoms with Crippen LogP contribution >= 0.6 is 11.3 Å². The van der Waals surface area contributed by atoms with Crippen LogP contribution in [0.15, 0.2) is 48.1 Å². The first-order valence-electron chi connectivity index (χ1n) is 8.79. The third kappa shape index (κ3) is 4.15.